The zero-order valence-corrected chi connectivity index (χ0v) is 21.3. The molecule has 0 saturated carbocycles. The van der Waals surface area contributed by atoms with Crippen LogP contribution in [0.3, 0.4) is 0 Å². The van der Waals surface area contributed by atoms with Gasteiger partial charge in [-0.25, -0.2) is 9.37 Å². The molecule has 4 rings (SSSR count). The summed E-state index contributed by atoms with van der Waals surface area (Å²) < 4.78 is 20.2. The average Bonchev–Trinajstić information content (AvgIpc) is 3.34. The lowest BCUT2D eigenvalue weighted by Gasteiger charge is -2.39. The van der Waals surface area contributed by atoms with E-state index in [0.717, 1.165) is 23.1 Å². The number of carbonyl (C=O) groups is 2. The smallest absolute Gasteiger partial charge is 0.273 e. The number of fused-ring (bicyclic) bond motifs is 1. The maximum Gasteiger partial charge on any atom is 0.273 e. The quantitative estimate of drug-likeness (QED) is 0.458. The monoisotopic (exact) mass is 495 g/mol. The van der Waals surface area contributed by atoms with Crippen LogP contribution in [0.2, 0.25) is 0 Å². The Morgan fingerprint density at radius 3 is 2.77 bits per heavy atom. The highest BCUT2D eigenvalue weighted by molar-refractivity contribution is 7.09. The van der Waals surface area contributed by atoms with E-state index >= 15 is 0 Å². The summed E-state index contributed by atoms with van der Waals surface area (Å²) in [5.74, 6) is 0.0602. The van der Waals surface area contributed by atoms with E-state index in [2.05, 4.69) is 4.98 Å². The molecule has 0 bridgehead atoms. The molecule has 1 aromatic heterocycles. The summed E-state index contributed by atoms with van der Waals surface area (Å²) in [5.41, 5.74) is 3.20. The van der Waals surface area contributed by atoms with Gasteiger partial charge < -0.3 is 14.5 Å². The molecule has 0 N–H and O–H groups in total. The van der Waals surface area contributed by atoms with E-state index in [1.54, 1.807) is 23.4 Å². The molecule has 0 saturated heterocycles. The first-order chi connectivity index (χ1) is 16.8. The Morgan fingerprint density at radius 2 is 2.06 bits per heavy atom. The average molecular weight is 496 g/mol. The highest BCUT2D eigenvalue weighted by Gasteiger charge is 2.33. The Bertz CT molecular complexity index is 1230. The van der Waals surface area contributed by atoms with Gasteiger partial charge in [0.1, 0.15) is 28.9 Å². The number of rotatable bonds is 7. The second-order valence-corrected chi connectivity index (χ2v) is 9.93. The molecule has 35 heavy (non-hydrogen) atoms. The van der Waals surface area contributed by atoms with Gasteiger partial charge in [0, 0.05) is 31.4 Å². The third-order valence-corrected chi connectivity index (χ3v) is 7.06. The van der Waals surface area contributed by atoms with Gasteiger partial charge in [-0.1, -0.05) is 32.0 Å². The van der Waals surface area contributed by atoms with Crippen LogP contribution in [0, 0.1) is 11.7 Å². The van der Waals surface area contributed by atoms with Crippen molar-refractivity contribution in [2.24, 2.45) is 5.92 Å². The van der Waals surface area contributed by atoms with Gasteiger partial charge in [-0.2, -0.15) is 0 Å². The number of carbonyl (C=O) groups excluding carboxylic acids is 2. The molecule has 6 nitrogen and oxygen atoms in total. The van der Waals surface area contributed by atoms with E-state index in [1.807, 2.05) is 49.9 Å². The molecule has 2 amide bonds. The molecular formula is C27H30FN3O3S. The number of amides is 2. The minimum absolute atomic E-state index is 0.0354. The predicted octanol–water partition coefficient (Wildman–Crippen LogP) is 5.08. The van der Waals surface area contributed by atoms with E-state index < -0.39 is 0 Å². The van der Waals surface area contributed by atoms with Gasteiger partial charge in [0.25, 0.3) is 5.91 Å². The third-order valence-electron chi connectivity index (χ3n) is 6.24. The molecule has 184 valence electrons. The van der Waals surface area contributed by atoms with Crippen LogP contribution < -0.4 is 4.74 Å². The fourth-order valence-corrected chi connectivity index (χ4v) is 4.93. The van der Waals surface area contributed by atoms with Gasteiger partial charge in [0.2, 0.25) is 5.91 Å². The van der Waals surface area contributed by atoms with Crippen molar-refractivity contribution in [3.8, 4) is 5.75 Å². The van der Waals surface area contributed by atoms with Crippen LogP contribution in [-0.4, -0.2) is 46.7 Å². The molecule has 1 atom stereocenters. The van der Waals surface area contributed by atoms with Gasteiger partial charge in [-0.05, 0) is 54.3 Å². The highest BCUT2D eigenvalue weighted by Crippen LogP contribution is 2.38. The van der Waals surface area contributed by atoms with Crippen molar-refractivity contribution in [3.05, 3.63) is 81.1 Å². The molecule has 2 aromatic carbocycles. The summed E-state index contributed by atoms with van der Waals surface area (Å²) in [6.07, 6.45) is 0.725. The van der Waals surface area contributed by atoms with Crippen molar-refractivity contribution in [2.45, 2.75) is 39.8 Å². The fourth-order valence-electron chi connectivity index (χ4n) is 4.25. The van der Waals surface area contributed by atoms with E-state index in [0.29, 0.717) is 29.5 Å². The number of hydrogen-bond donors (Lipinski definition) is 0. The second kappa shape index (κ2) is 10.6. The number of nitrogens with zero attached hydrogens (tertiary/aromatic N) is 3. The molecule has 1 aliphatic heterocycles. The lowest BCUT2D eigenvalue weighted by molar-refractivity contribution is -0.136. The SMILES string of the molecule is CCN(C)C(=O)c1csc(COc2ccc3c(c2)C(c2cccc(F)c2)N(C(=O)C(C)C)CC3)n1. The summed E-state index contributed by atoms with van der Waals surface area (Å²) in [6.45, 7) is 7.09. The van der Waals surface area contributed by atoms with Crippen LogP contribution in [0.4, 0.5) is 4.39 Å². The Kier molecular flexibility index (Phi) is 7.50. The maximum absolute atomic E-state index is 14.1. The predicted molar refractivity (Wildman–Crippen MR) is 134 cm³/mol. The van der Waals surface area contributed by atoms with Crippen molar-refractivity contribution < 1.29 is 18.7 Å². The number of hydrogen-bond acceptors (Lipinski definition) is 5. The first kappa shape index (κ1) is 24.9. The Labute approximate surface area is 209 Å². The highest BCUT2D eigenvalue weighted by atomic mass is 32.1. The molecule has 0 radical (unpaired) electrons. The normalized spacial score (nSPS) is 15.1. The third kappa shape index (κ3) is 5.37. The molecule has 0 spiro atoms. The summed E-state index contributed by atoms with van der Waals surface area (Å²) in [7, 11) is 1.74. The van der Waals surface area contributed by atoms with Crippen LogP contribution >= 0.6 is 11.3 Å². The number of ether oxygens (including phenoxy) is 1. The summed E-state index contributed by atoms with van der Waals surface area (Å²) in [6, 6.07) is 11.9. The molecule has 1 aliphatic rings. The standard InChI is InChI=1S/C27H30FN3O3S/c1-5-30(4)27(33)23-16-35-24(29-23)15-34-21-10-9-18-11-12-31(26(32)17(2)3)25(22(18)14-21)19-7-6-8-20(28)13-19/h6-10,13-14,16-17,25H,5,11-12,15H2,1-4H3. The van der Waals surface area contributed by atoms with Crippen molar-refractivity contribution in [2.75, 3.05) is 20.1 Å². The van der Waals surface area contributed by atoms with Gasteiger partial charge in [-0.15, -0.1) is 11.3 Å². The van der Waals surface area contributed by atoms with Crippen molar-refractivity contribution >= 4 is 23.2 Å². The molecular weight excluding hydrogens is 465 g/mol. The molecule has 3 aromatic rings. The van der Waals surface area contributed by atoms with Gasteiger partial charge in [0.05, 0.1) is 6.04 Å². The van der Waals surface area contributed by atoms with Crippen LogP contribution in [0.5, 0.6) is 5.75 Å². The number of benzene rings is 2. The minimum atomic E-state index is -0.387. The number of halogens is 1. The van der Waals surface area contributed by atoms with E-state index in [9.17, 15) is 14.0 Å². The Balaban J connectivity index is 1.60. The zero-order chi connectivity index (χ0) is 25.1. The maximum atomic E-state index is 14.1. The summed E-state index contributed by atoms with van der Waals surface area (Å²) in [5, 5.41) is 2.45. The second-order valence-electron chi connectivity index (χ2n) is 8.99. The lowest BCUT2D eigenvalue weighted by atomic mass is 9.87. The van der Waals surface area contributed by atoms with Crippen molar-refractivity contribution in [1.29, 1.82) is 0 Å². The Morgan fingerprint density at radius 1 is 1.26 bits per heavy atom. The van der Waals surface area contributed by atoms with Crippen LogP contribution in [0.15, 0.2) is 47.8 Å². The molecule has 0 aliphatic carbocycles. The van der Waals surface area contributed by atoms with Gasteiger partial charge in [0.15, 0.2) is 0 Å². The van der Waals surface area contributed by atoms with E-state index in [-0.39, 0.29) is 36.2 Å². The van der Waals surface area contributed by atoms with Gasteiger partial charge in [-0.3, -0.25) is 9.59 Å². The largest absolute Gasteiger partial charge is 0.486 e. The molecule has 2 heterocycles. The topological polar surface area (TPSA) is 62.7 Å². The zero-order valence-electron chi connectivity index (χ0n) is 20.5. The van der Waals surface area contributed by atoms with Crippen LogP contribution in [-0.2, 0) is 17.8 Å². The van der Waals surface area contributed by atoms with Crippen LogP contribution in [0.25, 0.3) is 0 Å². The van der Waals surface area contributed by atoms with Gasteiger partial charge >= 0.3 is 0 Å². The van der Waals surface area contributed by atoms with Crippen molar-refractivity contribution in [1.82, 2.24) is 14.8 Å². The van der Waals surface area contributed by atoms with E-state index in [4.69, 9.17) is 4.74 Å². The first-order valence-electron chi connectivity index (χ1n) is 11.8. The number of thiazole rings is 1. The van der Waals surface area contributed by atoms with E-state index in [1.165, 1.54) is 23.5 Å². The summed E-state index contributed by atoms with van der Waals surface area (Å²) in [4.78, 5) is 33.3. The van der Waals surface area contributed by atoms with Crippen molar-refractivity contribution in [3.63, 3.8) is 0 Å². The Hall–Kier alpha value is -3.26. The van der Waals surface area contributed by atoms with Crippen LogP contribution in [0.1, 0.15) is 59.0 Å². The lowest BCUT2D eigenvalue weighted by Crippen LogP contribution is -2.42. The molecule has 0 fully saturated rings. The number of aromatic nitrogens is 1. The molecule has 8 heteroatoms. The minimum Gasteiger partial charge on any atom is -0.486 e. The first-order valence-corrected chi connectivity index (χ1v) is 12.7. The summed E-state index contributed by atoms with van der Waals surface area (Å²) >= 11 is 1.38. The molecule has 1 unspecified atom stereocenters. The fraction of sp³-hybridized carbons (Fsp3) is 0.370.